The van der Waals surface area contributed by atoms with E-state index in [1.165, 1.54) is 43.9 Å². The first-order chi connectivity index (χ1) is 22.6. The molecule has 0 saturated carbocycles. The first kappa shape index (κ1) is 35.1. The Morgan fingerprint density at radius 2 is 1.83 bits per heavy atom. The molecule has 1 saturated heterocycles. The smallest absolute Gasteiger partial charge is 0.460 e. The number of rotatable bonds is 13. The number of nitrogens with zero attached hydrogens (tertiary/aromatic N) is 5. The van der Waals surface area contributed by atoms with E-state index < -0.39 is 54.0 Å². The molecule has 4 aromatic rings. The number of aliphatic hydroxyl groups is 2. The Labute approximate surface area is 275 Å². The highest BCUT2D eigenvalue weighted by molar-refractivity contribution is 7.88. The van der Waals surface area contributed by atoms with Gasteiger partial charge in [0.15, 0.2) is 23.2 Å². The molecule has 0 radical (unpaired) electrons. The number of nitrogens with one attached hydrogen (secondary N) is 2. The molecule has 0 amide bonds. The lowest BCUT2D eigenvalue weighted by atomic mass is 9.99. The van der Waals surface area contributed by atoms with Gasteiger partial charge in [-0.2, -0.15) is 15.1 Å². The van der Waals surface area contributed by atoms with Crippen LogP contribution in [0.3, 0.4) is 0 Å². The molecule has 2 aromatic carbocycles. The van der Waals surface area contributed by atoms with E-state index in [4.69, 9.17) is 24.3 Å². The van der Waals surface area contributed by atoms with Crippen LogP contribution in [0.1, 0.15) is 25.6 Å². The number of hydrogen-bond donors (Lipinski definition) is 5. The Morgan fingerprint density at radius 1 is 1.19 bits per heavy atom. The summed E-state index contributed by atoms with van der Waals surface area (Å²) in [5, 5.41) is 26.2. The number of imidazole rings is 1. The average molecular weight is 707 g/mol. The van der Waals surface area contributed by atoms with Gasteiger partial charge in [-0.15, -0.1) is 4.83 Å². The summed E-state index contributed by atoms with van der Waals surface area (Å²) >= 11 is 0. The zero-order valence-corrected chi connectivity index (χ0v) is 27.9. The zero-order chi connectivity index (χ0) is 34.9. The second-order valence-corrected chi connectivity index (χ2v) is 14.5. The number of nitrogen functional groups attached to an aromatic ring is 1. The molecule has 1 fully saturated rings. The van der Waals surface area contributed by atoms with Gasteiger partial charge in [-0.25, -0.2) is 18.0 Å². The van der Waals surface area contributed by atoms with Crippen molar-refractivity contribution < 1.29 is 46.5 Å². The van der Waals surface area contributed by atoms with E-state index in [0.717, 1.165) is 16.8 Å². The lowest BCUT2D eigenvalue weighted by Gasteiger charge is -2.27. The van der Waals surface area contributed by atoms with Crippen LogP contribution in [0.4, 0.5) is 11.8 Å². The van der Waals surface area contributed by atoms with E-state index in [1.807, 2.05) is 6.07 Å². The van der Waals surface area contributed by atoms with Crippen LogP contribution in [0.15, 0.2) is 67.0 Å². The second-order valence-electron chi connectivity index (χ2n) is 11.1. The molecule has 0 bridgehead atoms. The van der Waals surface area contributed by atoms with Crippen molar-refractivity contribution >= 4 is 46.7 Å². The largest absolute Gasteiger partial charge is 0.461 e. The number of ether oxygens (including phenoxy) is 2. The van der Waals surface area contributed by atoms with Gasteiger partial charge in [0.25, 0.3) is 0 Å². The van der Waals surface area contributed by atoms with Crippen LogP contribution in [0.25, 0.3) is 11.2 Å². The minimum Gasteiger partial charge on any atom is -0.460 e. The number of aromatic nitrogens is 4. The van der Waals surface area contributed by atoms with Crippen molar-refractivity contribution in [1.29, 1.82) is 0 Å². The first-order valence-corrected chi connectivity index (χ1v) is 17.8. The summed E-state index contributed by atoms with van der Waals surface area (Å²) < 4.78 is 61.7. The van der Waals surface area contributed by atoms with Crippen molar-refractivity contribution in [3.63, 3.8) is 0 Å². The van der Waals surface area contributed by atoms with Crippen molar-refractivity contribution in [2.75, 3.05) is 24.0 Å². The van der Waals surface area contributed by atoms with Crippen molar-refractivity contribution in [3.8, 4) is 5.75 Å². The molecule has 3 heterocycles. The maximum absolute atomic E-state index is 14.2. The van der Waals surface area contributed by atoms with E-state index >= 15 is 0 Å². The second kappa shape index (κ2) is 13.7. The van der Waals surface area contributed by atoms with Crippen LogP contribution in [0.5, 0.6) is 5.75 Å². The number of aliphatic hydroxyl groups excluding tert-OH is 1. The predicted molar refractivity (Wildman–Crippen MR) is 171 cm³/mol. The number of carbonyl (C=O) groups is 1. The molecule has 6 N–H and O–H groups in total. The fourth-order valence-electron chi connectivity index (χ4n) is 4.78. The van der Waals surface area contributed by atoms with Gasteiger partial charge in [0, 0.05) is 7.05 Å². The third-order valence-corrected chi connectivity index (χ3v) is 9.30. The minimum absolute atomic E-state index is 0.00518. The quantitative estimate of drug-likeness (QED) is 0.0745. The van der Waals surface area contributed by atoms with Crippen LogP contribution in [-0.2, 0) is 40.0 Å². The zero-order valence-electron chi connectivity index (χ0n) is 26.2. The molecule has 1 aliphatic rings. The van der Waals surface area contributed by atoms with Crippen LogP contribution in [-0.4, -0.2) is 81.5 Å². The third-order valence-electron chi connectivity index (χ3n) is 7.05. The Balaban J connectivity index is 1.41. The minimum atomic E-state index is -4.58. The summed E-state index contributed by atoms with van der Waals surface area (Å²) in [5.41, 5.74) is 4.57. The number of fused-ring (bicyclic) bond motifs is 1. The summed E-state index contributed by atoms with van der Waals surface area (Å²) in [6, 6.07) is 15.6. The Bertz CT molecular complexity index is 1920. The summed E-state index contributed by atoms with van der Waals surface area (Å²) in [6.07, 6.45) is -2.98. The average Bonchev–Trinajstić information content (AvgIpc) is 3.52. The van der Waals surface area contributed by atoms with E-state index in [0.29, 0.717) is 0 Å². The maximum atomic E-state index is 14.2. The molecule has 5 rings (SSSR count). The summed E-state index contributed by atoms with van der Waals surface area (Å²) in [4.78, 5) is 27.6. The van der Waals surface area contributed by atoms with Gasteiger partial charge < -0.3 is 29.9 Å². The number of esters is 1. The van der Waals surface area contributed by atoms with Crippen LogP contribution >= 0.6 is 7.75 Å². The van der Waals surface area contributed by atoms with Crippen LogP contribution < -0.4 is 25.2 Å². The topological polar surface area (TPSA) is 243 Å². The molecule has 1 aliphatic heterocycles. The fourth-order valence-corrected chi connectivity index (χ4v) is 6.94. The van der Waals surface area contributed by atoms with E-state index in [9.17, 15) is 28.0 Å². The maximum Gasteiger partial charge on any atom is 0.461 e. The van der Waals surface area contributed by atoms with Crippen molar-refractivity contribution in [3.05, 3.63) is 72.6 Å². The first-order valence-electron chi connectivity index (χ1n) is 14.3. The van der Waals surface area contributed by atoms with Gasteiger partial charge in [0.2, 0.25) is 22.3 Å². The molecule has 48 heavy (non-hydrogen) atoms. The van der Waals surface area contributed by atoms with Gasteiger partial charge in [0.05, 0.1) is 12.6 Å². The molecule has 20 heteroatoms. The van der Waals surface area contributed by atoms with Gasteiger partial charge in [-0.1, -0.05) is 48.5 Å². The Morgan fingerprint density at radius 3 is 2.48 bits per heavy atom. The monoisotopic (exact) mass is 706 g/mol. The highest BCUT2D eigenvalue weighted by Crippen LogP contribution is 2.51. The van der Waals surface area contributed by atoms with Crippen molar-refractivity contribution in [2.45, 2.75) is 50.7 Å². The summed E-state index contributed by atoms with van der Waals surface area (Å²) in [6.45, 7) is 2.58. The molecule has 258 valence electrons. The lowest BCUT2D eigenvalue weighted by molar-refractivity contribution is -0.147. The van der Waals surface area contributed by atoms with E-state index in [-0.39, 0.29) is 35.3 Å². The molecule has 2 aromatic heterocycles. The number of hydrazine groups is 1. The third kappa shape index (κ3) is 7.91. The highest BCUT2D eigenvalue weighted by Gasteiger charge is 2.56. The lowest BCUT2D eigenvalue weighted by Crippen LogP contribution is -2.44. The van der Waals surface area contributed by atoms with Gasteiger partial charge >= 0.3 is 13.7 Å². The molecule has 6 atom stereocenters. The molecule has 3 unspecified atom stereocenters. The molecule has 0 spiro atoms. The van der Waals surface area contributed by atoms with Crippen molar-refractivity contribution in [2.24, 2.45) is 0 Å². The fraction of sp³-hybridized carbons (Fsp3) is 0.357. The van der Waals surface area contributed by atoms with Gasteiger partial charge in [0.1, 0.15) is 30.1 Å². The molecule has 0 aliphatic carbocycles. The predicted octanol–water partition coefficient (Wildman–Crippen LogP) is 1.20. The van der Waals surface area contributed by atoms with Crippen LogP contribution in [0.2, 0.25) is 0 Å². The van der Waals surface area contributed by atoms with Gasteiger partial charge in [-0.3, -0.25) is 18.9 Å². The number of hydrogen-bond acceptors (Lipinski definition) is 15. The molecule has 18 nitrogen and oxygen atoms in total. The van der Waals surface area contributed by atoms with E-state index in [2.05, 4.69) is 24.9 Å². The number of nitrogens with two attached hydrogens (primary N) is 1. The number of sulfonamides is 1. The Hall–Kier alpha value is -4.20. The summed E-state index contributed by atoms with van der Waals surface area (Å²) in [7, 11) is -6.92. The Kier molecular flexibility index (Phi) is 10.0. The highest BCUT2D eigenvalue weighted by atomic mass is 32.2. The summed E-state index contributed by atoms with van der Waals surface area (Å²) in [5.74, 6) is -0.970. The number of para-hydroxylation sites is 1. The molecular formula is C28H35N8O10PS. The standard InChI is InChI=1S/C28H35N8O10PS/c1-17(24(38)43-15-18-11-7-5-8-12-18)33-47(40,45-19-13-9-6-10-14-19)46-25-21(37)28(2,39)26(44-25)36-16-30-20-22(31-27(29)32-23(20)36)35(3)34-48(4,41)42/h5-14,16-17,21,25-26,34,37,39H,15H2,1-4H3,(H,33,40)(H2,29,31,32)/t17-,21?,25?,26+,28+,47?/m0/s1. The number of benzene rings is 2. The van der Waals surface area contributed by atoms with Crippen molar-refractivity contribution in [1.82, 2.24) is 29.4 Å². The molecular weight excluding hydrogens is 671 g/mol. The van der Waals surface area contributed by atoms with Gasteiger partial charge in [-0.05, 0) is 31.5 Å². The van der Waals surface area contributed by atoms with Crippen LogP contribution in [0, 0.1) is 0 Å². The number of anilines is 2. The van der Waals surface area contributed by atoms with E-state index in [1.54, 1.807) is 42.5 Å². The SMILES string of the molecule is C[C@H](NP(=O)(Oc1ccccc1)OC1O[C@@H](n2cnc3c(N(C)NS(C)(=O)=O)nc(N)nc32)[C@](C)(O)C1O)C(=O)OCc1ccccc1. The normalized spacial score (nSPS) is 23.0. The number of carbonyl (C=O) groups excluding carboxylic acids is 1.